The molecule has 31 heavy (non-hydrogen) atoms. The van der Waals surface area contributed by atoms with Crippen LogP contribution in [-0.2, 0) is 19.6 Å². The van der Waals surface area contributed by atoms with Crippen molar-refractivity contribution in [1.82, 2.24) is 10.6 Å². The van der Waals surface area contributed by atoms with Crippen molar-refractivity contribution in [2.75, 3.05) is 31.6 Å². The molecule has 0 atom stereocenters. The molecule has 0 radical (unpaired) electrons. The van der Waals surface area contributed by atoms with Gasteiger partial charge in [-0.15, -0.1) is 0 Å². The normalized spacial score (nSPS) is 12.4. The van der Waals surface area contributed by atoms with Gasteiger partial charge in [0.2, 0.25) is 0 Å². The number of imide groups is 1. The van der Waals surface area contributed by atoms with Gasteiger partial charge in [-0.2, -0.15) is 0 Å². The molecule has 0 fully saturated rings. The number of rotatable bonds is 6. The molecule has 3 N–H and O–H groups in total. The molecular weight excluding hydrogens is 430 g/mol. The summed E-state index contributed by atoms with van der Waals surface area (Å²) >= 11 is 0. The van der Waals surface area contributed by atoms with Crippen LogP contribution in [0.15, 0.2) is 47.4 Å². The van der Waals surface area contributed by atoms with Gasteiger partial charge in [0.1, 0.15) is 13.2 Å². The average molecular weight is 449 g/mol. The molecule has 0 spiro atoms. The third-order valence-corrected chi connectivity index (χ3v) is 5.39. The predicted octanol–water partition coefficient (Wildman–Crippen LogP) is 0.871. The molecule has 0 aliphatic carbocycles. The van der Waals surface area contributed by atoms with Crippen molar-refractivity contribution in [3.05, 3.63) is 48.0 Å². The van der Waals surface area contributed by atoms with Crippen molar-refractivity contribution in [3.63, 3.8) is 0 Å². The fourth-order valence-electron chi connectivity index (χ4n) is 2.52. The Morgan fingerprint density at radius 3 is 2.35 bits per heavy atom. The molecule has 2 aromatic rings. The van der Waals surface area contributed by atoms with Crippen LogP contribution in [0.1, 0.15) is 10.4 Å². The first-order chi connectivity index (χ1) is 14.8. The molecule has 11 nitrogen and oxygen atoms in total. The molecule has 3 rings (SSSR count). The summed E-state index contributed by atoms with van der Waals surface area (Å²) < 4.78 is 43.2. The van der Waals surface area contributed by atoms with Crippen LogP contribution in [-0.4, -0.2) is 53.2 Å². The number of hydrogen-bond acceptors (Lipinski definition) is 8. The van der Waals surface area contributed by atoms with Gasteiger partial charge in [-0.25, -0.2) is 18.0 Å². The Hall–Kier alpha value is -3.80. The molecule has 1 aliphatic rings. The predicted molar refractivity (Wildman–Crippen MR) is 108 cm³/mol. The number of amides is 3. The third kappa shape index (κ3) is 5.63. The maximum atomic E-state index is 12.6. The topological polar surface area (TPSA) is 149 Å². The van der Waals surface area contributed by atoms with Crippen LogP contribution in [0.25, 0.3) is 0 Å². The second-order valence-corrected chi connectivity index (χ2v) is 7.87. The SMILES string of the molecule is CNC(=O)NC(=O)COC(=O)c1ccc(NS(=O)(=O)c2ccc3c(c2)OCCO3)cc1. The van der Waals surface area contributed by atoms with Gasteiger partial charge in [-0.05, 0) is 36.4 Å². The summed E-state index contributed by atoms with van der Waals surface area (Å²) in [5.74, 6) is -0.797. The number of anilines is 1. The molecule has 2 aromatic carbocycles. The number of sulfonamides is 1. The lowest BCUT2D eigenvalue weighted by molar-refractivity contribution is -0.123. The van der Waals surface area contributed by atoms with E-state index in [0.717, 1.165) is 0 Å². The zero-order chi connectivity index (χ0) is 22.4. The van der Waals surface area contributed by atoms with Gasteiger partial charge in [0.05, 0.1) is 10.5 Å². The molecule has 0 aromatic heterocycles. The van der Waals surface area contributed by atoms with Crippen molar-refractivity contribution in [1.29, 1.82) is 0 Å². The zero-order valence-corrected chi connectivity index (χ0v) is 17.2. The fraction of sp³-hybridized carbons (Fsp3) is 0.211. The summed E-state index contributed by atoms with van der Waals surface area (Å²) in [6.45, 7) is 0.0740. The van der Waals surface area contributed by atoms with Crippen LogP contribution < -0.4 is 24.8 Å². The molecule has 0 saturated carbocycles. The summed E-state index contributed by atoms with van der Waals surface area (Å²) in [5.41, 5.74) is 0.304. The highest BCUT2D eigenvalue weighted by atomic mass is 32.2. The van der Waals surface area contributed by atoms with Gasteiger partial charge in [-0.1, -0.05) is 0 Å². The van der Waals surface area contributed by atoms with E-state index in [-0.39, 0.29) is 16.1 Å². The fourth-order valence-corrected chi connectivity index (χ4v) is 3.59. The molecule has 1 heterocycles. The van der Waals surface area contributed by atoms with Crippen molar-refractivity contribution in [2.24, 2.45) is 0 Å². The lowest BCUT2D eigenvalue weighted by Crippen LogP contribution is -2.39. The minimum Gasteiger partial charge on any atom is -0.486 e. The third-order valence-electron chi connectivity index (χ3n) is 4.01. The molecule has 0 bridgehead atoms. The van der Waals surface area contributed by atoms with Gasteiger partial charge >= 0.3 is 12.0 Å². The maximum Gasteiger partial charge on any atom is 0.338 e. The van der Waals surface area contributed by atoms with E-state index >= 15 is 0 Å². The lowest BCUT2D eigenvalue weighted by atomic mass is 10.2. The van der Waals surface area contributed by atoms with Crippen molar-refractivity contribution < 1.29 is 37.0 Å². The van der Waals surface area contributed by atoms with E-state index in [1.54, 1.807) is 0 Å². The molecule has 164 valence electrons. The molecular formula is C19H19N3O8S. The second-order valence-electron chi connectivity index (χ2n) is 6.19. The first kappa shape index (κ1) is 21.9. The van der Waals surface area contributed by atoms with Gasteiger partial charge in [0.25, 0.3) is 15.9 Å². The molecule has 0 unspecified atom stereocenters. The van der Waals surface area contributed by atoms with Crippen LogP contribution in [0.2, 0.25) is 0 Å². The smallest absolute Gasteiger partial charge is 0.338 e. The zero-order valence-electron chi connectivity index (χ0n) is 16.3. The number of carbonyl (C=O) groups excluding carboxylic acids is 3. The van der Waals surface area contributed by atoms with Gasteiger partial charge in [-0.3, -0.25) is 14.8 Å². The number of urea groups is 1. The first-order valence-corrected chi connectivity index (χ1v) is 10.5. The summed E-state index contributed by atoms with van der Waals surface area (Å²) in [4.78, 5) is 34.4. The monoisotopic (exact) mass is 449 g/mol. The molecule has 0 saturated heterocycles. The Morgan fingerprint density at radius 1 is 1.00 bits per heavy atom. The van der Waals surface area contributed by atoms with E-state index in [2.05, 4.69) is 10.0 Å². The lowest BCUT2D eigenvalue weighted by Gasteiger charge is -2.19. The minimum atomic E-state index is -3.91. The Kier molecular flexibility index (Phi) is 6.60. The highest BCUT2D eigenvalue weighted by Crippen LogP contribution is 2.32. The largest absolute Gasteiger partial charge is 0.486 e. The van der Waals surface area contributed by atoms with Gasteiger partial charge in [0, 0.05) is 18.8 Å². The van der Waals surface area contributed by atoms with E-state index in [4.69, 9.17) is 14.2 Å². The number of carbonyl (C=O) groups is 3. The standard InChI is InChI=1S/C19H19N3O8S/c1-20-19(25)21-17(23)11-30-18(24)12-2-4-13(5-3-12)22-31(26,27)14-6-7-15-16(10-14)29-9-8-28-15/h2-7,10,22H,8-9,11H2,1H3,(H2,20,21,23,25). The van der Waals surface area contributed by atoms with Crippen LogP contribution in [0.5, 0.6) is 11.5 Å². The second kappa shape index (κ2) is 9.34. The van der Waals surface area contributed by atoms with Crippen LogP contribution in [0.4, 0.5) is 10.5 Å². The summed E-state index contributed by atoms with van der Waals surface area (Å²) in [6, 6.07) is 8.96. The number of benzene rings is 2. The van der Waals surface area contributed by atoms with Gasteiger partial charge < -0.3 is 19.5 Å². The average Bonchev–Trinajstić information content (AvgIpc) is 2.77. The quantitative estimate of drug-likeness (QED) is 0.550. The summed E-state index contributed by atoms with van der Waals surface area (Å²) in [6.07, 6.45) is 0. The van der Waals surface area contributed by atoms with Crippen LogP contribution >= 0.6 is 0 Å². The van der Waals surface area contributed by atoms with E-state index < -0.39 is 34.5 Å². The highest BCUT2D eigenvalue weighted by molar-refractivity contribution is 7.92. The molecule has 3 amide bonds. The first-order valence-electron chi connectivity index (χ1n) is 9.00. The van der Waals surface area contributed by atoms with Crippen molar-refractivity contribution in [3.8, 4) is 11.5 Å². The van der Waals surface area contributed by atoms with Gasteiger partial charge in [0.15, 0.2) is 18.1 Å². The van der Waals surface area contributed by atoms with Crippen LogP contribution in [0, 0.1) is 0 Å². The highest BCUT2D eigenvalue weighted by Gasteiger charge is 2.20. The minimum absolute atomic E-state index is 0.0117. The number of ether oxygens (including phenoxy) is 3. The van der Waals surface area contributed by atoms with E-state index in [0.29, 0.717) is 24.7 Å². The number of nitrogens with one attached hydrogen (secondary N) is 3. The Labute approximate surface area is 177 Å². The number of esters is 1. The number of hydrogen-bond donors (Lipinski definition) is 3. The van der Waals surface area contributed by atoms with E-state index in [1.165, 1.54) is 49.5 Å². The van der Waals surface area contributed by atoms with Crippen molar-refractivity contribution in [2.45, 2.75) is 4.90 Å². The molecule has 1 aliphatic heterocycles. The maximum absolute atomic E-state index is 12.6. The Morgan fingerprint density at radius 2 is 1.68 bits per heavy atom. The Bertz CT molecular complexity index is 1100. The van der Waals surface area contributed by atoms with Crippen molar-refractivity contribution >= 4 is 33.6 Å². The number of fused-ring (bicyclic) bond motifs is 1. The Balaban J connectivity index is 1.61. The van der Waals surface area contributed by atoms with Crippen LogP contribution in [0.3, 0.4) is 0 Å². The molecule has 12 heteroatoms. The summed E-state index contributed by atoms with van der Waals surface area (Å²) in [7, 11) is -2.58. The van der Waals surface area contributed by atoms with E-state index in [1.807, 2.05) is 5.32 Å². The summed E-state index contributed by atoms with van der Waals surface area (Å²) in [5, 5.41) is 4.13. The van der Waals surface area contributed by atoms with E-state index in [9.17, 15) is 22.8 Å².